The topological polar surface area (TPSA) is 121 Å². The van der Waals surface area contributed by atoms with Crippen LogP contribution in [0.25, 0.3) is 23.0 Å². The second kappa shape index (κ2) is 8.82. The maximum atomic E-state index is 13.2. The summed E-state index contributed by atoms with van der Waals surface area (Å²) in [7, 11) is 0. The quantitative estimate of drug-likeness (QED) is 0.359. The van der Waals surface area contributed by atoms with Crippen molar-refractivity contribution in [3.63, 3.8) is 0 Å². The van der Waals surface area contributed by atoms with Crippen molar-refractivity contribution in [2.75, 3.05) is 18.4 Å². The smallest absolute Gasteiger partial charge is 0.264 e. The number of hydrogen-bond donors (Lipinski definition) is 3. The zero-order chi connectivity index (χ0) is 25.0. The minimum absolute atomic E-state index is 0.0375. The molecule has 2 atom stereocenters. The van der Waals surface area contributed by atoms with Gasteiger partial charge < -0.3 is 15.5 Å². The first-order valence-corrected chi connectivity index (χ1v) is 13.1. The van der Waals surface area contributed by atoms with Crippen LogP contribution in [0.2, 0.25) is 0 Å². The lowest BCUT2D eigenvalue weighted by Gasteiger charge is -2.35. The highest BCUT2D eigenvalue weighted by Crippen LogP contribution is 2.32. The van der Waals surface area contributed by atoms with Crippen LogP contribution >= 0.6 is 11.3 Å². The van der Waals surface area contributed by atoms with E-state index >= 15 is 0 Å². The molecule has 2 aliphatic heterocycles. The number of thiophene rings is 1. The van der Waals surface area contributed by atoms with E-state index in [0.717, 1.165) is 29.9 Å². The summed E-state index contributed by atoms with van der Waals surface area (Å²) in [6.45, 7) is 5.54. The number of nitrogens with one attached hydrogen (secondary N) is 3. The maximum Gasteiger partial charge on any atom is 0.264 e. The van der Waals surface area contributed by atoms with Crippen LogP contribution in [-0.2, 0) is 9.59 Å². The Morgan fingerprint density at radius 1 is 1.19 bits per heavy atom. The molecule has 6 rings (SSSR count). The number of hydrogen-bond acceptors (Lipinski definition) is 8. The van der Waals surface area contributed by atoms with Crippen molar-refractivity contribution in [2.24, 2.45) is 0 Å². The molecule has 0 bridgehead atoms. The van der Waals surface area contributed by atoms with E-state index in [2.05, 4.69) is 34.9 Å². The molecule has 3 aromatic heterocycles. The number of rotatable bonds is 5. The molecule has 1 aliphatic carbocycles. The third-order valence-electron chi connectivity index (χ3n) is 6.60. The minimum atomic E-state index is -0.385. The molecule has 3 N–H and O–H groups in total. The summed E-state index contributed by atoms with van der Waals surface area (Å²) in [5, 5.41) is 15.7. The van der Waals surface area contributed by atoms with Gasteiger partial charge in [0.2, 0.25) is 5.91 Å². The Hall–Kier alpha value is -3.57. The second-order valence-electron chi connectivity index (χ2n) is 9.88. The molecule has 0 radical (unpaired) electrons. The van der Waals surface area contributed by atoms with Crippen molar-refractivity contribution in [3.8, 4) is 11.3 Å². The van der Waals surface area contributed by atoms with Gasteiger partial charge in [-0.1, -0.05) is 0 Å². The first-order chi connectivity index (χ1) is 17.3. The van der Waals surface area contributed by atoms with Gasteiger partial charge >= 0.3 is 0 Å². The molecule has 0 aromatic carbocycles. The molecule has 3 aromatic rings. The summed E-state index contributed by atoms with van der Waals surface area (Å²) in [6.07, 6.45) is 5.57. The van der Waals surface area contributed by atoms with Gasteiger partial charge in [0.05, 0.1) is 23.2 Å². The zero-order valence-electron chi connectivity index (χ0n) is 20.1. The highest BCUT2D eigenvalue weighted by Gasteiger charge is 2.28. The Balaban J connectivity index is 1.36. The standard InChI is InChI=1S/C25H27N7O3S/c1-13-10-31(11-14(2)27-13)25(35)20-6-17(12-36-20)19-8-21(28-18-3-4-18)32-23(29-19)16(9-26-32)5-15-7-22(33)30-24(15)34/h5-6,8-9,12-14,18,27-28H,3-4,7,10-11H2,1-2H3,(H,30,33,34)/b15-5+/t13-,14+. The van der Waals surface area contributed by atoms with Crippen LogP contribution in [0.15, 0.2) is 29.3 Å². The second-order valence-corrected chi connectivity index (χ2v) is 10.8. The molecule has 36 heavy (non-hydrogen) atoms. The van der Waals surface area contributed by atoms with E-state index in [-0.39, 0.29) is 36.2 Å². The lowest BCUT2D eigenvalue weighted by Crippen LogP contribution is -2.55. The average molecular weight is 506 g/mol. The van der Waals surface area contributed by atoms with Gasteiger partial charge in [0.1, 0.15) is 5.82 Å². The van der Waals surface area contributed by atoms with Crippen LogP contribution < -0.4 is 16.0 Å². The van der Waals surface area contributed by atoms with Crippen LogP contribution in [-0.4, -0.2) is 68.4 Å². The molecular formula is C25H27N7O3S. The van der Waals surface area contributed by atoms with Crippen molar-refractivity contribution >= 4 is 46.6 Å². The van der Waals surface area contributed by atoms with Crippen molar-refractivity contribution in [1.82, 2.24) is 30.1 Å². The summed E-state index contributed by atoms with van der Waals surface area (Å²) in [4.78, 5) is 44.4. The number of piperazine rings is 1. The highest BCUT2D eigenvalue weighted by molar-refractivity contribution is 7.12. The number of carbonyl (C=O) groups excluding carboxylic acids is 3. The maximum absolute atomic E-state index is 13.2. The molecule has 0 spiro atoms. The monoisotopic (exact) mass is 505 g/mol. The van der Waals surface area contributed by atoms with Crippen molar-refractivity contribution in [2.45, 2.75) is 51.2 Å². The normalized spacial score (nSPS) is 23.5. The number of amides is 3. The largest absolute Gasteiger partial charge is 0.367 e. The van der Waals surface area contributed by atoms with Gasteiger partial charge in [0.15, 0.2) is 5.65 Å². The van der Waals surface area contributed by atoms with E-state index in [1.165, 1.54) is 11.3 Å². The van der Waals surface area contributed by atoms with Gasteiger partial charge in [0.25, 0.3) is 11.8 Å². The summed E-state index contributed by atoms with van der Waals surface area (Å²) >= 11 is 1.42. The molecule has 11 heteroatoms. The molecule has 0 unspecified atom stereocenters. The molecular weight excluding hydrogens is 478 g/mol. The van der Waals surface area contributed by atoms with Gasteiger partial charge in [0, 0.05) is 59.4 Å². The van der Waals surface area contributed by atoms with Gasteiger partial charge in [-0.25, -0.2) is 4.98 Å². The van der Waals surface area contributed by atoms with Crippen molar-refractivity contribution < 1.29 is 14.4 Å². The average Bonchev–Trinajstić information content (AvgIpc) is 3.22. The molecule has 5 heterocycles. The lowest BCUT2D eigenvalue weighted by atomic mass is 10.1. The molecule has 3 fully saturated rings. The summed E-state index contributed by atoms with van der Waals surface area (Å²) in [5.41, 5.74) is 3.20. The Bertz CT molecular complexity index is 1410. The molecule has 2 saturated heterocycles. The number of anilines is 1. The summed E-state index contributed by atoms with van der Waals surface area (Å²) < 4.78 is 1.73. The zero-order valence-corrected chi connectivity index (χ0v) is 20.9. The first-order valence-electron chi connectivity index (χ1n) is 12.2. The Kier molecular flexibility index (Phi) is 5.60. The summed E-state index contributed by atoms with van der Waals surface area (Å²) in [5.74, 6) is 0.147. The van der Waals surface area contributed by atoms with Crippen LogP contribution in [0.3, 0.4) is 0 Å². The van der Waals surface area contributed by atoms with Gasteiger partial charge in [-0.15, -0.1) is 11.3 Å². The summed E-state index contributed by atoms with van der Waals surface area (Å²) in [6, 6.07) is 4.75. The van der Waals surface area contributed by atoms with Crippen molar-refractivity contribution in [1.29, 1.82) is 0 Å². The number of carbonyl (C=O) groups is 3. The number of imide groups is 1. The minimum Gasteiger partial charge on any atom is -0.367 e. The molecule has 3 amide bonds. The Morgan fingerprint density at radius 2 is 1.97 bits per heavy atom. The highest BCUT2D eigenvalue weighted by atomic mass is 32.1. The van der Waals surface area contributed by atoms with Crippen LogP contribution in [0.1, 0.15) is 48.3 Å². The third kappa shape index (κ3) is 4.40. The van der Waals surface area contributed by atoms with Gasteiger partial charge in [-0.05, 0) is 38.8 Å². The van der Waals surface area contributed by atoms with Gasteiger partial charge in [-0.2, -0.15) is 9.61 Å². The SMILES string of the molecule is C[C@@H]1CN(C(=O)c2cc(-c3cc(NC4CC4)n4ncc(/C=C5\CC(=O)NC5=O)c4n3)cs2)C[C@H](C)N1. The van der Waals surface area contributed by atoms with E-state index in [1.54, 1.807) is 16.8 Å². The van der Waals surface area contributed by atoms with E-state index in [1.807, 2.05) is 22.4 Å². The van der Waals surface area contributed by atoms with Crippen LogP contribution in [0.5, 0.6) is 0 Å². The first kappa shape index (κ1) is 22.9. The number of fused-ring (bicyclic) bond motifs is 1. The fraction of sp³-hybridized carbons (Fsp3) is 0.400. The van der Waals surface area contributed by atoms with E-state index < -0.39 is 0 Å². The molecule has 186 valence electrons. The van der Waals surface area contributed by atoms with Crippen LogP contribution in [0, 0.1) is 0 Å². The Labute approximate surface area is 211 Å². The number of nitrogens with zero attached hydrogens (tertiary/aromatic N) is 4. The molecule has 10 nitrogen and oxygen atoms in total. The molecule has 1 saturated carbocycles. The third-order valence-corrected chi connectivity index (χ3v) is 7.52. The van der Waals surface area contributed by atoms with Crippen molar-refractivity contribution in [3.05, 3.63) is 39.7 Å². The van der Waals surface area contributed by atoms with E-state index in [4.69, 9.17) is 4.98 Å². The predicted molar refractivity (Wildman–Crippen MR) is 137 cm³/mol. The number of aromatic nitrogens is 3. The van der Waals surface area contributed by atoms with E-state index in [9.17, 15) is 14.4 Å². The van der Waals surface area contributed by atoms with Crippen LogP contribution in [0.4, 0.5) is 5.82 Å². The fourth-order valence-electron chi connectivity index (χ4n) is 4.81. The fourth-order valence-corrected chi connectivity index (χ4v) is 5.68. The lowest BCUT2D eigenvalue weighted by molar-refractivity contribution is -0.124. The predicted octanol–water partition coefficient (Wildman–Crippen LogP) is 2.28. The van der Waals surface area contributed by atoms with E-state index in [0.29, 0.717) is 40.8 Å². The van der Waals surface area contributed by atoms with Gasteiger partial charge in [-0.3, -0.25) is 19.7 Å². The Morgan fingerprint density at radius 3 is 2.67 bits per heavy atom. The molecule has 3 aliphatic rings.